The first-order valence-corrected chi connectivity index (χ1v) is 5.45. The number of halogens is 3. The molecule has 0 amide bonds. The zero-order chi connectivity index (χ0) is 12.0. The second kappa shape index (κ2) is 3.56. The molecule has 0 saturated heterocycles. The predicted octanol–water partition coefficient (Wildman–Crippen LogP) is 2.76. The number of thioether (sulfide) groups is 1. The molecule has 0 bridgehead atoms. The van der Waals surface area contributed by atoms with Crippen LogP contribution in [-0.4, -0.2) is 22.8 Å². The quantitative estimate of drug-likeness (QED) is 0.751. The Labute approximate surface area is 94.8 Å². The maximum absolute atomic E-state index is 13.8. The molecule has 2 rings (SSSR count). The standard InChI is InChI=1S/C10H10F3NOS/c1-6-2-3-7-8(4-6)16-9(11,5-15)10(12,13)14-7/h2-4,14-15H,5H2,1H3. The van der Waals surface area contributed by atoms with Gasteiger partial charge >= 0.3 is 6.05 Å². The van der Waals surface area contributed by atoms with Gasteiger partial charge in [-0.1, -0.05) is 17.8 Å². The average molecular weight is 249 g/mol. The summed E-state index contributed by atoms with van der Waals surface area (Å²) in [4.78, 5) is 0.377. The highest BCUT2D eigenvalue weighted by molar-refractivity contribution is 8.00. The lowest BCUT2D eigenvalue weighted by Crippen LogP contribution is -2.52. The summed E-state index contributed by atoms with van der Waals surface area (Å²) < 4.78 is 40.5. The van der Waals surface area contributed by atoms with Crippen LogP contribution in [0.25, 0.3) is 0 Å². The van der Waals surface area contributed by atoms with Gasteiger partial charge in [0.25, 0.3) is 5.00 Å². The Morgan fingerprint density at radius 3 is 2.69 bits per heavy atom. The van der Waals surface area contributed by atoms with Gasteiger partial charge in [-0.3, -0.25) is 0 Å². The lowest BCUT2D eigenvalue weighted by Gasteiger charge is -2.37. The summed E-state index contributed by atoms with van der Waals surface area (Å²) in [5.41, 5.74) is 1.03. The SMILES string of the molecule is Cc1ccc2c(c1)SC(F)(CO)C(F)(F)N2. The smallest absolute Gasteiger partial charge is 0.369 e. The fraction of sp³-hybridized carbons (Fsp3) is 0.400. The molecule has 1 aliphatic heterocycles. The molecule has 0 spiro atoms. The second-order valence-electron chi connectivity index (χ2n) is 3.69. The van der Waals surface area contributed by atoms with Crippen LogP contribution in [0.2, 0.25) is 0 Å². The molecule has 6 heteroatoms. The molecule has 1 aromatic carbocycles. The van der Waals surface area contributed by atoms with Gasteiger partial charge in [-0.05, 0) is 24.6 Å². The van der Waals surface area contributed by atoms with Crippen LogP contribution < -0.4 is 5.32 Å². The number of hydrogen-bond donors (Lipinski definition) is 2. The van der Waals surface area contributed by atoms with Gasteiger partial charge in [-0.25, -0.2) is 4.39 Å². The van der Waals surface area contributed by atoms with Crippen LogP contribution in [-0.2, 0) is 0 Å². The average Bonchev–Trinajstić information content (AvgIpc) is 2.20. The normalized spacial score (nSPS) is 27.1. The van der Waals surface area contributed by atoms with Crippen molar-refractivity contribution in [1.82, 2.24) is 0 Å². The molecule has 88 valence electrons. The third-order valence-electron chi connectivity index (χ3n) is 2.37. The molecule has 0 radical (unpaired) electrons. The molecule has 0 saturated carbocycles. The maximum atomic E-state index is 13.8. The number of anilines is 1. The van der Waals surface area contributed by atoms with E-state index in [0.717, 1.165) is 5.56 Å². The monoisotopic (exact) mass is 249 g/mol. The number of fused-ring (bicyclic) bond motifs is 1. The Balaban J connectivity index is 2.47. The topological polar surface area (TPSA) is 32.3 Å². The van der Waals surface area contributed by atoms with Gasteiger partial charge in [0.05, 0.1) is 12.3 Å². The van der Waals surface area contributed by atoms with Crippen molar-refractivity contribution in [3.05, 3.63) is 23.8 Å². The van der Waals surface area contributed by atoms with E-state index in [2.05, 4.69) is 0 Å². The summed E-state index contributed by atoms with van der Waals surface area (Å²) in [6.07, 6.45) is 0. The minimum atomic E-state index is -3.78. The van der Waals surface area contributed by atoms with Crippen molar-refractivity contribution in [1.29, 1.82) is 0 Å². The molecule has 1 aliphatic rings. The molecular weight excluding hydrogens is 239 g/mol. The second-order valence-corrected chi connectivity index (χ2v) is 4.98. The van der Waals surface area contributed by atoms with Crippen LogP contribution >= 0.6 is 11.8 Å². The molecule has 1 atom stereocenters. The van der Waals surface area contributed by atoms with Gasteiger partial charge in [-0.2, -0.15) is 8.78 Å². The third-order valence-corrected chi connectivity index (χ3v) is 3.64. The number of benzene rings is 1. The molecule has 0 aliphatic carbocycles. The van der Waals surface area contributed by atoms with E-state index in [4.69, 9.17) is 5.11 Å². The highest BCUT2D eigenvalue weighted by Crippen LogP contribution is 2.52. The lowest BCUT2D eigenvalue weighted by molar-refractivity contribution is -0.0871. The summed E-state index contributed by atoms with van der Waals surface area (Å²) in [5, 5.41) is 7.56. The fourth-order valence-corrected chi connectivity index (χ4v) is 2.52. The van der Waals surface area contributed by atoms with Crippen molar-refractivity contribution in [2.45, 2.75) is 22.9 Å². The molecule has 2 nitrogen and oxygen atoms in total. The number of aryl methyl sites for hydroxylation is 1. The van der Waals surface area contributed by atoms with Gasteiger partial charge in [0.1, 0.15) is 0 Å². The van der Waals surface area contributed by atoms with Crippen LogP contribution in [0.3, 0.4) is 0 Å². The number of alkyl halides is 3. The number of aliphatic hydroxyl groups excluding tert-OH is 1. The number of aliphatic hydroxyl groups is 1. The van der Waals surface area contributed by atoms with Crippen LogP contribution in [0, 0.1) is 6.92 Å². The Bertz CT molecular complexity index is 427. The van der Waals surface area contributed by atoms with Gasteiger partial charge in [0.2, 0.25) is 0 Å². The van der Waals surface area contributed by atoms with Crippen molar-refractivity contribution in [2.75, 3.05) is 11.9 Å². The van der Waals surface area contributed by atoms with Gasteiger partial charge < -0.3 is 10.4 Å². The Morgan fingerprint density at radius 2 is 2.06 bits per heavy atom. The van der Waals surface area contributed by atoms with Crippen molar-refractivity contribution < 1.29 is 18.3 Å². The molecule has 0 aromatic heterocycles. The molecule has 1 heterocycles. The van der Waals surface area contributed by atoms with Gasteiger partial charge in [0, 0.05) is 4.90 Å². The van der Waals surface area contributed by atoms with E-state index in [-0.39, 0.29) is 5.69 Å². The number of hydrogen-bond acceptors (Lipinski definition) is 3. The molecule has 0 fully saturated rings. The predicted molar refractivity (Wildman–Crippen MR) is 56.5 cm³/mol. The molecule has 16 heavy (non-hydrogen) atoms. The minimum Gasteiger partial charge on any atom is -0.392 e. The molecular formula is C10H10F3NOS. The first-order valence-electron chi connectivity index (χ1n) is 4.63. The van der Waals surface area contributed by atoms with Crippen LogP contribution in [0.1, 0.15) is 5.56 Å². The van der Waals surface area contributed by atoms with Crippen molar-refractivity contribution in [2.24, 2.45) is 0 Å². The van der Waals surface area contributed by atoms with Gasteiger partial charge in [-0.15, -0.1) is 0 Å². The van der Waals surface area contributed by atoms with Crippen molar-refractivity contribution in [3.63, 3.8) is 0 Å². The summed E-state index contributed by atoms with van der Waals surface area (Å²) in [5.74, 6) is 0. The number of nitrogens with one attached hydrogen (secondary N) is 1. The minimum absolute atomic E-state index is 0.183. The van der Waals surface area contributed by atoms with E-state index < -0.39 is 17.7 Å². The van der Waals surface area contributed by atoms with E-state index >= 15 is 0 Å². The van der Waals surface area contributed by atoms with Crippen LogP contribution in [0.4, 0.5) is 18.9 Å². The van der Waals surface area contributed by atoms with Crippen LogP contribution in [0.15, 0.2) is 23.1 Å². The first-order chi connectivity index (χ1) is 7.38. The zero-order valence-corrected chi connectivity index (χ0v) is 9.25. The summed E-state index contributed by atoms with van der Waals surface area (Å²) >= 11 is 0.351. The van der Waals surface area contributed by atoms with E-state index in [1.54, 1.807) is 19.1 Å². The zero-order valence-electron chi connectivity index (χ0n) is 8.43. The lowest BCUT2D eigenvalue weighted by atomic mass is 10.2. The fourth-order valence-electron chi connectivity index (χ4n) is 1.45. The largest absolute Gasteiger partial charge is 0.392 e. The van der Waals surface area contributed by atoms with E-state index in [9.17, 15) is 13.2 Å². The maximum Gasteiger partial charge on any atom is 0.369 e. The van der Waals surface area contributed by atoms with Crippen LogP contribution in [0.5, 0.6) is 0 Å². The highest BCUT2D eigenvalue weighted by atomic mass is 32.2. The molecule has 2 N–H and O–H groups in total. The first kappa shape index (κ1) is 11.6. The van der Waals surface area contributed by atoms with E-state index in [1.807, 2.05) is 5.32 Å². The number of rotatable bonds is 1. The Kier molecular flexibility index (Phi) is 2.58. The molecule has 1 unspecified atom stereocenters. The Morgan fingerprint density at radius 1 is 1.38 bits per heavy atom. The third kappa shape index (κ3) is 1.66. The summed E-state index contributed by atoms with van der Waals surface area (Å²) in [6, 6.07) is 0.954. The summed E-state index contributed by atoms with van der Waals surface area (Å²) in [7, 11) is 0. The van der Waals surface area contributed by atoms with Crippen molar-refractivity contribution >= 4 is 17.4 Å². The van der Waals surface area contributed by atoms with Gasteiger partial charge in [0.15, 0.2) is 0 Å². The Hall–Kier alpha value is -0.880. The molecule has 1 aromatic rings. The van der Waals surface area contributed by atoms with E-state index in [1.165, 1.54) is 6.07 Å². The van der Waals surface area contributed by atoms with E-state index in [0.29, 0.717) is 16.7 Å². The highest BCUT2D eigenvalue weighted by Gasteiger charge is 2.58. The summed E-state index contributed by atoms with van der Waals surface area (Å²) in [6.45, 7) is 0.539. The van der Waals surface area contributed by atoms with Crippen molar-refractivity contribution in [3.8, 4) is 0 Å².